The molecule has 10 heteroatoms. The molecule has 0 bridgehead atoms. The number of hydrogen-bond acceptors (Lipinski definition) is 7. The molecule has 0 aliphatic heterocycles. The maximum Gasteiger partial charge on any atom is 0.311 e. The molecule has 4 aromatic rings. The Hall–Kier alpha value is -5.12. The van der Waals surface area contributed by atoms with E-state index in [1.807, 2.05) is 48.5 Å². The largest absolute Gasteiger partial charge is 0.502 e. The monoisotopic (exact) mass is 487 g/mol. The number of hydrazine groups is 1. The van der Waals surface area contributed by atoms with E-state index >= 15 is 0 Å². The van der Waals surface area contributed by atoms with Crippen LogP contribution in [0.25, 0.3) is 11.1 Å². The van der Waals surface area contributed by atoms with Gasteiger partial charge in [0.25, 0.3) is 5.91 Å². The summed E-state index contributed by atoms with van der Waals surface area (Å²) >= 11 is 0. The topological polar surface area (TPSA) is 144 Å². The van der Waals surface area contributed by atoms with Gasteiger partial charge in [-0.15, -0.1) is 0 Å². The summed E-state index contributed by atoms with van der Waals surface area (Å²) in [6, 6.07) is 20.2. The summed E-state index contributed by atoms with van der Waals surface area (Å²) in [5, 5.41) is 20.5. The van der Waals surface area contributed by atoms with Gasteiger partial charge in [-0.05, 0) is 53.4 Å². The second-order valence-electron chi connectivity index (χ2n) is 7.76. The lowest BCUT2D eigenvalue weighted by atomic mass is 9.99. The van der Waals surface area contributed by atoms with Crippen molar-refractivity contribution >= 4 is 17.5 Å². The SMILES string of the molecule is COc1ccc(Cc2cccc(-c3ccoc3C(=O)NNC(=O)c3ccc(O)c([N+](=O)[O-])c3)c2)cc1. The first kappa shape index (κ1) is 24.0. The number of carbonyl (C=O) groups is 2. The first-order chi connectivity index (χ1) is 17.4. The molecule has 3 aromatic carbocycles. The van der Waals surface area contributed by atoms with Gasteiger partial charge in [0.1, 0.15) is 5.75 Å². The lowest BCUT2D eigenvalue weighted by Gasteiger charge is -2.09. The van der Waals surface area contributed by atoms with Crippen molar-refractivity contribution in [1.29, 1.82) is 0 Å². The molecule has 0 atom stereocenters. The molecular weight excluding hydrogens is 466 g/mol. The van der Waals surface area contributed by atoms with Crippen LogP contribution >= 0.6 is 0 Å². The van der Waals surface area contributed by atoms with Gasteiger partial charge in [0, 0.05) is 17.2 Å². The Balaban J connectivity index is 1.46. The number of furan rings is 1. The van der Waals surface area contributed by atoms with Crippen LogP contribution in [0.15, 0.2) is 83.5 Å². The number of nitro benzene ring substituents is 1. The van der Waals surface area contributed by atoms with Crippen molar-refractivity contribution in [3.63, 3.8) is 0 Å². The summed E-state index contributed by atoms with van der Waals surface area (Å²) in [6.07, 6.45) is 2.04. The summed E-state index contributed by atoms with van der Waals surface area (Å²) in [6.45, 7) is 0. The number of phenolic OH excluding ortho intramolecular Hbond substituents is 1. The van der Waals surface area contributed by atoms with E-state index in [0.717, 1.165) is 34.6 Å². The fourth-order valence-corrected chi connectivity index (χ4v) is 3.59. The molecule has 3 N–H and O–H groups in total. The summed E-state index contributed by atoms with van der Waals surface area (Å²) in [7, 11) is 1.61. The summed E-state index contributed by atoms with van der Waals surface area (Å²) in [4.78, 5) is 35.2. The molecule has 0 radical (unpaired) electrons. The zero-order chi connectivity index (χ0) is 25.7. The highest BCUT2D eigenvalue weighted by atomic mass is 16.6. The van der Waals surface area contributed by atoms with Crippen molar-refractivity contribution in [2.24, 2.45) is 0 Å². The van der Waals surface area contributed by atoms with E-state index in [0.29, 0.717) is 12.0 Å². The zero-order valence-electron chi connectivity index (χ0n) is 19.1. The van der Waals surface area contributed by atoms with Crippen LogP contribution in [0.3, 0.4) is 0 Å². The van der Waals surface area contributed by atoms with Crippen LogP contribution in [0, 0.1) is 10.1 Å². The third-order valence-corrected chi connectivity index (χ3v) is 5.40. The Kier molecular flexibility index (Phi) is 6.96. The number of rotatable bonds is 7. The number of methoxy groups -OCH3 is 1. The first-order valence-electron chi connectivity index (χ1n) is 10.7. The van der Waals surface area contributed by atoms with Gasteiger partial charge in [-0.3, -0.25) is 30.6 Å². The van der Waals surface area contributed by atoms with Crippen molar-refractivity contribution < 1.29 is 28.8 Å². The van der Waals surface area contributed by atoms with Crippen LogP contribution in [0.4, 0.5) is 5.69 Å². The normalized spacial score (nSPS) is 10.5. The molecule has 1 heterocycles. The van der Waals surface area contributed by atoms with Crippen LogP contribution in [-0.4, -0.2) is 29.0 Å². The molecule has 1 aromatic heterocycles. The van der Waals surface area contributed by atoms with Crippen LogP contribution in [0.2, 0.25) is 0 Å². The average molecular weight is 487 g/mol. The molecular formula is C26H21N3O7. The predicted molar refractivity (Wildman–Crippen MR) is 130 cm³/mol. The number of carbonyl (C=O) groups excluding carboxylic acids is 2. The summed E-state index contributed by atoms with van der Waals surface area (Å²) < 4.78 is 10.6. The zero-order valence-corrected chi connectivity index (χ0v) is 19.1. The lowest BCUT2D eigenvalue weighted by molar-refractivity contribution is -0.385. The van der Waals surface area contributed by atoms with E-state index in [9.17, 15) is 24.8 Å². The van der Waals surface area contributed by atoms with Gasteiger partial charge < -0.3 is 14.3 Å². The molecule has 36 heavy (non-hydrogen) atoms. The Morgan fingerprint density at radius 1 is 0.972 bits per heavy atom. The van der Waals surface area contributed by atoms with Crippen molar-refractivity contribution in [3.05, 3.63) is 112 Å². The van der Waals surface area contributed by atoms with Crippen molar-refractivity contribution in [2.45, 2.75) is 6.42 Å². The third kappa shape index (κ3) is 5.33. The molecule has 182 valence electrons. The van der Waals surface area contributed by atoms with Gasteiger partial charge in [0.15, 0.2) is 5.75 Å². The Morgan fingerprint density at radius 2 is 1.72 bits per heavy atom. The average Bonchev–Trinajstić information content (AvgIpc) is 3.38. The molecule has 0 fully saturated rings. The molecule has 10 nitrogen and oxygen atoms in total. The van der Waals surface area contributed by atoms with Gasteiger partial charge in [-0.2, -0.15) is 0 Å². The second-order valence-corrected chi connectivity index (χ2v) is 7.76. The van der Waals surface area contributed by atoms with E-state index in [-0.39, 0.29) is 11.3 Å². The van der Waals surface area contributed by atoms with Crippen molar-refractivity contribution in [2.75, 3.05) is 7.11 Å². The van der Waals surface area contributed by atoms with E-state index in [1.165, 1.54) is 12.3 Å². The fourth-order valence-electron chi connectivity index (χ4n) is 3.59. The van der Waals surface area contributed by atoms with Gasteiger partial charge >= 0.3 is 11.6 Å². The number of hydrogen-bond donors (Lipinski definition) is 3. The summed E-state index contributed by atoms with van der Waals surface area (Å²) in [5.41, 5.74) is 7.08. The molecule has 0 spiro atoms. The number of amides is 2. The number of aromatic hydroxyl groups is 1. The lowest BCUT2D eigenvalue weighted by Crippen LogP contribution is -2.41. The fraction of sp³-hybridized carbons (Fsp3) is 0.0769. The number of benzene rings is 3. The standard InChI is InChI=1S/C26H21N3O7/c1-35-20-8-5-16(6-9-20)13-17-3-2-4-18(14-17)21-11-12-36-24(21)26(32)28-27-25(31)19-7-10-23(30)22(15-19)29(33)34/h2-12,14-15,30H,13H2,1H3,(H,27,31)(H,28,32). The first-order valence-corrected chi connectivity index (χ1v) is 10.7. The Morgan fingerprint density at radius 3 is 2.44 bits per heavy atom. The Labute approximate surface area is 205 Å². The molecule has 4 rings (SSSR count). The van der Waals surface area contributed by atoms with E-state index in [2.05, 4.69) is 10.9 Å². The summed E-state index contributed by atoms with van der Waals surface area (Å²) in [5.74, 6) is -1.33. The van der Waals surface area contributed by atoms with Crippen molar-refractivity contribution in [1.82, 2.24) is 10.9 Å². The number of nitrogens with zero attached hydrogens (tertiary/aromatic N) is 1. The predicted octanol–water partition coefficient (Wildman–Crippen LogP) is 4.23. The molecule has 0 saturated heterocycles. The number of phenols is 1. The number of nitro groups is 1. The minimum Gasteiger partial charge on any atom is -0.502 e. The van der Waals surface area contributed by atoms with Gasteiger partial charge in [-0.1, -0.05) is 36.4 Å². The number of nitrogens with one attached hydrogen (secondary N) is 2. The van der Waals surface area contributed by atoms with Crippen molar-refractivity contribution in [3.8, 4) is 22.6 Å². The minimum absolute atomic E-state index is 0.0198. The highest BCUT2D eigenvalue weighted by Gasteiger charge is 2.20. The highest BCUT2D eigenvalue weighted by Crippen LogP contribution is 2.28. The minimum atomic E-state index is -0.817. The molecule has 0 aliphatic rings. The second kappa shape index (κ2) is 10.4. The molecule has 0 unspecified atom stereocenters. The molecule has 2 amide bonds. The third-order valence-electron chi connectivity index (χ3n) is 5.40. The van der Waals surface area contributed by atoms with Gasteiger partial charge in [-0.25, -0.2) is 0 Å². The van der Waals surface area contributed by atoms with Gasteiger partial charge in [0.2, 0.25) is 5.76 Å². The highest BCUT2D eigenvalue weighted by molar-refractivity contribution is 6.01. The molecule has 0 aliphatic carbocycles. The van der Waals surface area contributed by atoms with Crippen LogP contribution in [0.1, 0.15) is 32.0 Å². The maximum atomic E-state index is 12.7. The quantitative estimate of drug-likeness (QED) is 0.261. The van der Waals surface area contributed by atoms with E-state index in [4.69, 9.17) is 9.15 Å². The maximum absolute atomic E-state index is 12.7. The van der Waals surface area contributed by atoms with E-state index in [1.54, 1.807) is 13.2 Å². The van der Waals surface area contributed by atoms with Crippen LogP contribution < -0.4 is 15.6 Å². The Bertz CT molecular complexity index is 1430. The van der Waals surface area contributed by atoms with Crippen LogP contribution in [0.5, 0.6) is 11.5 Å². The molecule has 0 saturated carbocycles. The van der Waals surface area contributed by atoms with Gasteiger partial charge in [0.05, 0.1) is 18.3 Å². The smallest absolute Gasteiger partial charge is 0.311 e. The number of ether oxygens (including phenoxy) is 1. The van der Waals surface area contributed by atoms with E-state index < -0.39 is 28.2 Å². The van der Waals surface area contributed by atoms with Crippen LogP contribution in [-0.2, 0) is 6.42 Å².